The second-order valence-corrected chi connectivity index (χ2v) is 13.2. The molecule has 0 saturated carbocycles. The molecule has 0 bridgehead atoms. The van der Waals surface area contributed by atoms with Gasteiger partial charge in [-0.3, -0.25) is 9.36 Å². The molecule has 41 heavy (non-hydrogen) atoms. The van der Waals surface area contributed by atoms with Gasteiger partial charge in [0.25, 0.3) is 5.56 Å². The lowest BCUT2D eigenvalue weighted by atomic mass is 10.0. The van der Waals surface area contributed by atoms with E-state index in [2.05, 4.69) is 4.98 Å². The maximum atomic E-state index is 14.3. The summed E-state index contributed by atoms with van der Waals surface area (Å²) in [5.74, 6) is -0.397. The lowest BCUT2D eigenvalue weighted by Gasteiger charge is -2.30. The fraction of sp³-hybridized carbons (Fsp3) is 0.467. The number of aryl methyl sites for hydroxylation is 1. The van der Waals surface area contributed by atoms with Crippen LogP contribution in [-0.4, -0.2) is 43.0 Å². The largest absolute Gasteiger partial charge is 0.458 e. The summed E-state index contributed by atoms with van der Waals surface area (Å²) in [4.78, 5) is 46.9. The number of nitrogens with zero attached hydrogens (tertiary/aromatic N) is 3. The summed E-state index contributed by atoms with van der Waals surface area (Å²) in [7, 11) is 0. The monoisotopic (exact) mass is 583 g/mol. The van der Waals surface area contributed by atoms with Crippen molar-refractivity contribution in [3.63, 3.8) is 0 Å². The second kappa shape index (κ2) is 11.0. The number of esters is 1. The van der Waals surface area contributed by atoms with Gasteiger partial charge in [0.15, 0.2) is 0 Å². The van der Waals surface area contributed by atoms with E-state index in [0.29, 0.717) is 21.2 Å². The second-order valence-electron chi connectivity index (χ2n) is 12.2. The van der Waals surface area contributed by atoms with Crippen LogP contribution in [0.15, 0.2) is 56.8 Å². The van der Waals surface area contributed by atoms with Crippen LogP contribution >= 0.6 is 11.3 Å². The Morgan fingerprint density at radius 3 is 2.32 bits per heavy atom. The van der Waals surface area contributed by atoms with E-state index in [4.69, 9.17) is 13.9 Å². The van der Waals surface area contributed by atoms with E-state index in [0.717, 1.165) is 10.1 Å². The molecule has 0 amide bonds. The van der Waals surface area contributed by atoms with Crippen molar-refractivity contribution < 1.29 is 23.8 Å². The molecular weight excluding hydrogens is 546 g/mol. The summed E-state index contributed by atoms with van der Waals surface area (Å²) in [5, 5.41) is 10.7. The zero-order valence-corrected chi connectivity index (χ0v) is 25.5. The number of aliphatic hydroxyl groups is 1. The third-order valence-electron chi connectivity index (χ3n) is 6.45. The quantitative estimate of drug-likeness (QED) is 0.279. The van der Waals surface area contributed by atoms with Gasteiger partial charge in [0.2, 0.25) is 5.89 Å². The average Bonchev–Trinajstić information content (AvgIpc) is 3.50. The van der Waals surface area contributed by atoms with E-state index in [-0.39, 0.29) is 18.5 Å². The number of rotatable bonds is 9. The van der Waals surface area contributed by atoms with Crippen molar-refractivity contribution in [1.82, 2.24) is 14.1 Å². The highest BCUT2D eigenvalue weighted by molar-refractivity contribution is 7.22. The molecule has 0 saturated heterocycles. The van der Waals surface area contributed by atoms with E-state index in [1.807, 2.05) is 30.3 Å². The zero-order chi connectivity index (χ0) is 30.3. The van der Waals surface area contributed by atoms with Gasteiger partial charge >= 0.3 is 11.7 Å². The third-order valence-corrected chi connectivity index (χ3v) is 7.76. The maximum absolute atomic E-state index is 14.3. The summed E-state index contributed by atoms with van der Waals surface area (Å²) < 4.78 is 19.7. The van der Waals surface area contributed by atoms with Crippen LogP contribution in [0.3, 0.4) is 0 Å². The van der Waals surface area contributed by atoms with Crippen molar-refractivity contribution in [2.24, 2.45) is 0 Å². The van der Waals surface area contributed by atoms with Crippen LogP contribution in [0.1, 0.15) is 65.7 Å². The number of carbonyl (C=O) groups is 1. The Hall–Kier alpha value is -3.54. The maximum Gasteiger partial charge on any atom is 0.333 e. The number of hydrogen-bond acceptors (Lipinski definition) is 9. The van der Waals surface area contributed by atoms with Crippen LogP contribution in [0, 0.1) is 6.92 Å². The highest BCUT2D eigenvalue weighted by atomic mass is 32.1. The first-order valence-corrected chi connectivity index (χ1v) is 14.1. The number of benzene rings is 1. The first-order valence-electron chi connectivity index (χ1n) is 13.3. The van der Waals surface area contributed by atoms with Crippen LogP contribution in [0.4, 0.5) is 0 Å². The Morgan fingerprint density at radius 2 is 1.76 bits per heavy atom. The zero-order valence-electron chi connectivity index (χ0n) is 24.7. The minimum Gasteiger partial charge on any atom is -0.458 e. The van der Waals surface area contributed by atoms with Gasteiger partial charge in [0, 0.05) is 0 Å². The van der Waals surface area contributed by atoms with Gasteiger partial charge in [-0.05, 0) is 66.5 Å². The number of ether oxygens (including phenoxy) is 2. The van der Waals surface area contributed by atoms with E-state index < -0.39 is 40.1 Å². The number of hydrogen-bond donors (Lipinski definition) is 1. The van der Waals surface area contributed by atoms with Crippen molar-refractivity contribution in [2.45, 2.75) is 84.8 Å². The molecule has 1 aromatic carbocycles. The molecule has 220 valence electrons. The molecule has 10 nitrogen and oxygen atoms in total. The molecule has 1 unspecified atom stereocenters. The molecule has 1 N–H and O–H groups in total. The molecule has 0 fully saturated rings. The summed E-state index contributed by atoms with van der Waals surface area (Å²) in [6.45, 7) is 13.2. The Bertz CT molecular complexity index is 1650. The van der Waals surface area contributed by atoms with Gasteiger partial charge in [-0.25, -0.2) is 19.1 Å². The molecule has 0 spiro atoms. The lowest BCUT2D eigenvalue weighted by molar-refractivity contribution is -0.164. The molecule has 0 aliphatic rings. The molecular formula is C30H37N3O7S. The fourth-order valence-corrected chi connectivity index (χ4v) is 5.67. The molecule has 0 aliphatic carbocycles. The summed E-state index contributed by atoms with van der Waals surface area (Å²) in [6, 6.07) is 9.33. The molecule has 0 radical (unpaired) electrons. The van der Waals surface area contributed by atoms with Gasteiger partial charge in [-0.15, -0.1) is 11.3 Å². The normalized spacial score (nSPS) is 13.5. The van der Waals surface area contributed by atoms with Crippen LogP contribution in [0.25, 0.3) is 21.0 Å². The first-order chi connectivity index (χ1) is 19.0. The minimum atomic E-state index is -1.63. The molecule has 11 heteroatoms. The number of aromatic nitrogens is 3. The fourth-order valence-electron chi connectivity index (χ4n) is 4.43. The van der Waals surface area contributed by atoms with Gasteiger partial charge in [-0.2, -0.15) is 0 Å². The first kappa shape index (κ1) is 30.4. The lowest BCUT2D eigenvalue weighted by Crippen LogP contribution is -2.54. The standard InChI is InChI=1S/C30H37N3O7S/c1-18-21-24(34)33(30(7,8)26(35)40-28(2,3)4)27(36)32(25(21)41-22(18)23-31-14-15-38-23)16-20(39-17-29(5,6)37)19-12-10-9-11-13-19/h9-15,20,37H,16-17H2,1-8H3. The molecule has 4 aromatic rings. The van der Waals surface area contributed by atoms with Crippen LogP contribution in [0.5, 0.6) is 0 Å². The van der Waals surface area contributed by atoms with Crippen LogP contribution in [0.2, 0.25) is 0 Å². The molecule has 0 aliphatic heterocycles. The van der Waals surface area contributed by atoms with E-state index in [1.54, 1.807) is 41.5 Å². The van der Waals surface area contributed by atoms with E-state index in [1.165, 1.54) is 42.2 Å². The number of oxazole rings is 1. The van der Waals surface area contributed by atoms with Gasteiger partial charge in [0.05, 0.1) is 35.2 Å². The minimum absolute atomic E-state index is 0.00146. The van der Waals surface area contributed by atoms with Crippen molar-refractivity contribution in [3.8, 4) is 10.8 Å². The van der Waals surface area contributed by atoms with E-state index in [9.17, 15) is 19.5 Å². The van der Waals surface area contributed by atoms with Gasteiger partial charge < -0.3 is 19.0 Å². The summed E-state index contributed by atoms with van der Waals surface area (Å²) in [5.41, 5.74) is -3.53. The molecule has 4 rings (SSSR count). The predicted octanol–water partition coefficient (Wildman–Crippen LogP) is 4.79. The Balaban J connectivity index is 1.99. The Labute approximate surface area is 242 Å². The van der Waals surface area contributed by atoms with Crippen LogP contribution in [-0.2, 0) is 26.4 Å². The smallest absolute Gasteiger partial charge is 0.333 e. The Morgan fingerprint density at radius 1 is 1.10 bits per heavy atom. The van der Waals surface area contributed by atoms with Crippen molar-refractivity contribution in [2.75, 3.05) is 6.61 Å². The van der Waals surface area contributed by atoms with Crippen LogP contribution < -0.4 is 11.2 Å². The molecule has 1 atom stereocenters. The van der Waals surface area contributed by atoms with Gasteiger partial charge in [-0.1, -0.05) is 30.3 Å². The number of carbonyl (C=O) groups excluding carboxylic acids is 1. The topological polar surface area (TPSA) is 126 Å². The average molecular weight is 584 g/mol. The number of fused-ring (bicyclic) bond motifs is 1. The van der Waals surface area contributed by atoms with Gasteiger partial charge in [0.1, 0.15) is 28.3 Å². The highest BCUT2D eigenvalue weighted by Gasteiger charge is 2.39. The van der Waals surface area contributed by atoms with E-state index >= 15 is 0 Å². The van der Waals surface area contributed by atoms with Crippen molar-refractivity contribution in [1.29, 1.82) is 0 Å². The summed E-state index contributed by atoms with van der Waals surface area (Å²) in [6.07, 6.45) is 2.28. The third kappa shape index (κ3) is 6.37. The number of thiophene rings is 1. The van der Waals surface area contributed by atoms with Crippen molar-refractivity contribution in [3.05, 3.63) is 74.8 Å². The SMILES string of the molecule is Cc1c(-c2ncco2)sc2c1c(=O)n(C(C)(C)C(=O)OC(C)(C)C)c(=O)n2CC(OCC(C)(C)O)c1ccccc1. The highest BCUT2D eigenvalue weighted by Crippen LogP contribution is 2.36. The van der Waals surface area contributed by atoms with Crippen molar-refractivity contribution >= 4 is 27.5 Å². The molecule has 3 heterocycles. The molecule has 3 aromatic heterocycles. The Kier molecular flexibility index (Phi) is 8.19. The predicted molar refractivity (Wildman–Crippen MR) is 157 cm³/mol. The summed E-state index contributed by atoms with van der Waals surface area (Å²) >= 11 is 1.21.